The average molecular weight is 544 g/mol. The number of imidazole rings is 1. The molecule has 1 aliphatic carbocycles. The number of hydrogen-bond acceptors (Lipinski definition) is 8. The van der Waals surface area contributed by atoms with E-state index in [2.05, 4.69) is 14.5 Å². The van der Waals surface area contributed by atoms with Crippen LogP contribution in [0.3, 0.4) is 0 Å². The van der Waals surface area contributed by atoms with E-state index in [1.54, 1.807) is 30.5 Å². The molecule has 10 nitrogen and oxygen atoms in total. The lowest BCUT2D eigenvalue weighted by Gasteiger charge is -2.35. The van der Waals surface area contributed by atoms with E-state index in [1.165, 1.54) is 12.1 Å². The highest BCUT2D eigenvalue weighted by Gasteiger charge is 2.33. The summed E-state index contributed by atoms with van der Waals surface area (Å²) in [4.78, 5) is 24.9. The Kier molecular flexibility index (Phi) is 7.00. The predicted molar refractivity (Wildman–Crippen MR) is 139 cm³/mol. The highest BCUT2D eigenvalue weighted by molar-refractivity contribution is 5.92. The molecule has 11 heteroatoms. The van der Waals surface area contributed by atoms with E-state index in [9.17, 15) is 14.3 Å². The summed E-state index contributed by atoms with van der Waals surface area (Å²) >= 11 is 0. The second-order valence-corrected chi connectivity index (χ2v) is 10.1. The lowest BCUT2D eigenvalue weighted by atomic mass is 9.80. The fourth-order valence-electron chi connectivity index (χ4n) is 5.01. The van der Waals surface area contributed by atoms with E-state index in [-0.39, 0.29) is 35.7 Å². The van der Waals surface area contributed by atoms with E-state index >= 15 is 0 Å². The van der Waals surface area contributed by atoms with Gasteiger partial charge in [-0.1, -0.05) is 0 Å². The van der Waals surface area contributed by atoms with E-state index in [4.69, 9.17) is 24.5 Å². The van der Waals surface area contributed by atoms with E-state index in [0.717, 1.165) is 55.2 Å². The molecule has 204 valence electrons. The average Bonchev–Trinajstić information content (AvgIpc) is 3.25. The Balaban J connectivity index is 1.07. The number of ether oxygens (including phenoxy) is 3. The molecule has 2 fully saturated rings. The first-order chi connectivity index (χ1) is 19.4. The summed E-state index contributed by atoms with van der Waals surface area (Å²) in [5.74, 6) is 0.500. The lowest BCUT2D eigenvalue weighted by molar-refractivity contribution is -0.0592. The van der Waals surface area contributed by atoms with Gasteiger partial charge in [0.25, 0.3) is 0 Å². The van der Waals surface area contributed by atoms with Crippen molar-refractivity contribution in [2.75, 3.05) is 6.61 Å². The first-order valence-corrected chi connectivity index (χ1v) is 13.1. The fourth-order valence-corrected chi connectivity index (χ4v) is 5.01. The Morgan fingerprint density at radius 2 is 2.05 bits per heavy atom. The quantitative estimate of drug-likeness (QED) is 0.311. The zero-order chi connectivity index (χ0) is 27.6. The number of hydrogen-bond donors (Lipinski definition) is 1. The van der Waals surface area contributed by atoms with Crippen LogP contribution in [0.5, 0.6) is 11.6 Å². The van der Waals surface area contributed by atoms with Gasteiger partial charge in [-0.2, -0.15) is 10.2 Å². The first kappa shape index (κ1) is 25.7. The molecule has 2 aromatic heterocycles. The summed E-state index contributed by atoms with van der Waals surface area (Å²) in [5.41, 5.74) is 2.05. The molecule has 0 spiro atoms. The maximum absolute atomic E-state index is 14.1. The Bertz CT molecular complexity index is 1610. The molecule has 40 heavy (non-hydrogen) atoms. The second-order valence-electron chi connectivity index (χ2n) is 10.1. The molecule has 2 aliphatic rings. The summed E-state index contributed by atoms with van der Waals surface area (Å²) in [6.07, 6.45) is 5.07. The van der Waals surface area contributed by atoms with Crippen LogP contribution in [-0.4, -0.2) is 49.4 Å². The van der Waals surface area contributed by atoms with E-state index < -0.39 is 11.8 Å². The normalized spacial score (nSPS) is 19.9. The molecule has 1 saturated carbocycles. The number of aromatic carboxylic acids is 1. The number of halogens is 1. The molecule has 0 amide bonds. The predicted octanol–water partition coefficient (Wildman–Crippen LogP) is 4.30. The van der Waals surface area contributed by atoms with Gasteiger partial charge in [0.15, 0.2) is 17.4 Å². The molecule has 0 radical (unpaired) electrons. The van der Waals surface area contributed by atoms with E-state index in [0.29, 0.717) is 24.2 Å². The van der Waals surface area contributed by atoms with Crippen molar-refractivity contribution in [2.24, 2.45) is 5.92 Å². The molecule has 1 atom stereocenters. The molecule has 4 aromatic rings. The van der Waals surface area contributed by atoms with Crippen LogP contribution >= 0.6 is 0 Å². The van der Waals surface area contributed by atoms with Gasteiger partial charge in [-0.05, 0) is 61.6 Å². The molecule has 0 unspecified atom stereocenters. The van der Waals surface area contributed by atoms with Crippen LogP contribution in [0.1, 0.15) is 46.8 Å². The topological polar surface area (TPSA) is 132 Å². The zero-order valence-electron chi connectivity index (χ0n) is 21.5. The highest BCUT2D eigenvalue weighted by atomic mass is 19.1. The second kappa shape index (κ2) is 10.9. The maximum atomic E-state index is 14.1. The molecule has 0 bridgehead atoms. The Morgan fingerprint density at radius 1 is 1.20 bits per heavy atom. The highest BCUT2D eigenvalue weighted by Crippen LogP contribution is 2.34. The number of carboxylic acids is 1. The van der Waals surface area contributed by atoms with Gasteiger partial charge in [0, 0.05) is 25.3 Å². The fraction of sp³-hybridized carbons (Fsp3) is 0.345. The standard InChI is InChI=1S/C29H26FN5O5/c30-22-11-17(14-31)1-4-25(22)39-16-26-32-7-5-28(34-26)40-21-9-18(10-21)12-27-33-23-3-2-19(29(36)37)13-24(23)35(27)15-20-6-8-38-20/h1-5,7,11,13,18,20-21H,6,8-10,12,15-16H2,(H,36,37)/t18?,20-,21?/m0/s1. The largest absolute Gasteiger partial charge is 0.483 e. The smallest absolute Gasteiger partial charge is 0.335 e. The van der Waals surface area contributed by atoms with Crippen molar-refractivity contribution in [1.29, 1.82) is 5.26 Å². The van der Waals surface area contributed by atoms with Crippen molar-refractivity contribution in [3.63, 3.8) is 0 Å². The number of carbonyl (C=O) groups is 1. The van der Waals surface area contributed by atoms with Gasteiger partial charge in [0.2, 0.25) is 5.88 Å². The van der Waals surface area contributed by atoms with Gasteiger partial charge in [0.1, 0.15) is 18.5 Å². The molecule has 1 saturated heterocycles. The molecule has 3 heterocycles. The minimum Gasteiger partial charge on any atom is -0.483 e. The molecule has 1 aliphatic heterocycles. The van der Waals surface area contributed by atoms with Gasteiger partial charge in [-0.3, -0.25) is 0 Å². The third-order valence-corrected chi connectivity index (χ3v) is 7.30. The zero-order valence-corrected chi connectivity index (χ0v) is 21.5. The van der Waals surface area contributed by atoms with Crippen molar-refractivity contribution in [3.05, 3.63) is 77.3 Å². The van der Waals surface area contributed by atoms with E-state index in [1.807, 2.05) is 6.07 Å². The third-order valence-electron chi connectivity index (χ3n) is 7.30. The van der Waals surface area contributed by atoms with Crippen LogP contribution < -0.4 is 9.47 Å². The Morgan fingerprint density at radius 3 is 2.77 bits per heavy atom. The van der Waals surface area contributed by atoms with Crippen molar-refractivity contribution in [1.82, 2.24) is 19.5 Å². The SMILES string of the molecule is N#Cc1ccc(OCc2nccc(OC3CC(Cc4nc5ccc(C(=O)O)cc5n4C[C@@H]4CCO4)C3)n2)c(F)c1. The van der Waals surface area contributed by atoms with Crippen LogP contribution in [0.2, 0.25) is 0 Å². The summed E-state index contributed by atoms with van der Waals surface area (Å²) in [6, 6.07) is 12.6. The van der Waals surface area contributed by atoms with Crippen LogP contribution in [0.15, 0.2) is 48.7 Å². The lowest BCUT2D eigenvalue weighted by Crippen LogP contribution is -2.36. The minimum atomic E-state index is -0.962. The van der Waals surface area contributed by atoms with Crippen LogP contribution in [0.25, 0.3) is 11.0 Å². The molecular formula is C29H26FN5O5. The first-order valence-electron chi connectivity index (χ1n) is 13.1. The summed E-state index contributed by atoms with van der Waals surface area (Å²) in [5, 5.41) is 18.3. The van der Waals surface area contributed by atoms with Gasteiger partial charge in [0.05, 0.1) is 40.9 Å². The number of aromatic nitrogens is 4. The van der Waals surface area contributed by atoms with Crippen molar-refractivity contribution < 1.29 is 28.5 Å². The van der Waals surface area contributed by atoms with Gasteiger partial charge in [-0.15, -0.1) is 0 Å². The van der Waals surface area contributed by atoms with Crippen LogP contribution in [0, 0.1) is 23.1 Å². The minimum absolute atomic E-state index is 0.00366. The molecular weight excluding hydrogens is 517 g/mol. The van der Waals surface area contributed by atoms with Crippen LogP contribution in [-0.2, 0) is 24.3 Å². The molecule has 1 N–H and O–H groups in total. The number of benzene rings is 2. The van der Waals surface area contributed by atoms with Crippen molar-refractivity contribution >= 4 is 17.0 Å². The monoisotopic (exact) mass is 543 g/mol. The van der Waals surface area contributed by atoms with Gasteiger partial charge >= 0.3 is 5.97 Å². The third kappa shape index (κ3) is 5.44. The van der Waals surface area contributed by atoms with Gasteiger partial charge < -0.3 is 23.9 Å². The van der Waals surface area contributed by atoms with Gasteiger partial charge in [-0.25, -0.2) is 19.2 Å². The Labute approximate surface area is 229 Å². The maximum Gasteiger partial charge on any atom is 0.335 e. The number of nitriles is 1. The summed E-state index contributed by atoms with van der Waals surface area (Å²) < 4.78 is 33.4. The van der Waals surface area contributed by atoms with Crippen molar-refractivity contribution in [3.8, 4) is 17.7 Å². The Hall–Kier alpha value is -4.56. The van der Waals surface area contributed by atoms with Crippen molar-refractivity contribution in [2.45, 2.75) is 51.0 Å². The van der Waals surface area contributed by atoms with Crippen LogP contribution in [0.4, 0.5) is 4.39 Å². The number of carboxylic acid groups (broad SMARTS) is 1. The number of fused-ring (bicyclic) bond motifs is 1. The number of nitrogens with zero attached hydrogens (tertiary/aromatic N) is 5. The summed E-state index contributed by atoms with van der Waals surface area (Å²) in [6.45, 7) is 1.36. The molecule has 2 aromatic carbocycles. The number of rotatable bonds is 10. The molecule has 6 rings (SSSR count). The summed E-state index contributed by atoms with van der Waals surface area (Å²) in [7, 11) is 0.